The Kier molecular flexibility index (Phi) is 6.76. The SMILES string of the molecule is CCOC(C)CNC(C)Cc1ccc(OC)cc1. The number of methoxy groups -OCH3 is 1. The molecule has 1 aromatic rings. The number of ether oxygens (including phenoxy) is 2. The van der Waals surface area contributed by atoms with Crippen molar-refractivity contribution in [3.8, 4) is 5.75 Å². The first-order chi connectivity index (χ1) is 8.65. The van der Waals surface area contributed by atoms with Crippen LogP contribution in [-0.2, 0) is 11.2 Å². The highest BCUT2D eigenvalue weighted by molar-refractivity contribution is 5.27. The van der Waals surface area contributed by atoms with Crippen LogP contribution < -0.4 is 10.1 Å². The molecule has 0 spiro atoms. The predicted molar refractivity (Wildman–Crippen MR) is 75.3 cm³/mol. The lowest BCUT2D eigenvalue weighted by molar-refractivity contribution is 0.0743. The second-order valence-corrected chi connectivity index (χ2v) is 4.63. The van der Waals surface area contributed by atoms with Crippen molar-refractivity contribution in [1.29, 1.82) is 0 Å². The van der Waals surface area contributed by atoms with Crippen molar-refractivity contribution in [2.45, 2.75) is 39.3 Å². The van der Waals surface area contributed by atoms with Gasteiger partial charge in [-0.2, -0.15) is 0 Å². The van der Waals surface area contributed by atoms with Crippen LogP contribution in [0, 0.1) is 0 Å². The normalized spacial score (nSPS) is 14.2. The Bertz CT molecular complexity index is 324. The summed E-state index contributed by atoms with van der Waals surface area (Å²) in [5.41, 5.74) is 1.32. The molecule has 102 valence electrons. The lowest BCUT2D eigenvalue weighted by Gasteiger charge is -2.18. The van der Waals surface area contributed by atoms with Gasteiger partial charge in [-0.15, -0.1) is 0 Å². The molecule has 1 aromatic carbocycles. The van der Waals surface area contributed by atoms with E-state index >= 15 is 0 Å². The Morgan fingerprint density at radius 3 is 2.39 bits per heavy atom. The van der Waals surface area contributed by atoms with Gasteiger partial charge in [0, 0.05) is 19.2 Å². The summed E-state index contributed by atoms with van der Waals surface area (Å²) in [4.78, 5) is 0. The highest BCUT2D eigenvalue weighted by atomic mass is 16.5. The van der Waals surface area contributed by atoms with Crippen molar-refractivity contribution in [2.24, 2.45) is 0 Å². The van der Waals surface area contributed by atoms with E-state index in [1.54, 1.807) is 7.11 Å². The van der Waals surface area contributed by atoms with E-state index in [2.05, 4.69) is 31.3 Å². The van der Waals surface area contributed by atoms with Crippen LogP contribution in [0.15, 0.2) is 24.3 Å². The molecule has 0 saturated carbocycles. The van der Waals surface area contributed by atoms with E-state index in [1.807, 2.05) is 19.1 Å². The van der Waals surface area contributed by atoms with Crippen LogP contribution in [0.3, 0.4) is 0 Å². The second-order valence-electron chi connectivity index (χ2n) is 4.63. The summed E-state index contributed by atoms with van der Waals surface area (Å²) in [7, 11) is 1.69. The maximum atomic E-state index is 5.49. The molecule has 0 fully saturated rings. The van der Waals surface area contributed by atoms with Gasteiger partial charge < -0.3 is 14.8 Å². The summed E-state index contributed by atoms with van der Waals surface area (Å²) in [6.07, 6.45) is 1.29. The molecular weight excluding hydrogens is 226 g/mol. The van der Waals surface area contributed by atoms with E-state index in [1.165, 1.54) is 5.56 Å². The van der Waals surface area contributed by atoms with Gasteiger partial charge in [-0.05, 0) is 44.9 Å². The minimum atomic E-state index is 0.272. The summed E-state index contributed by atoms with van der Waals surface area (Å²) in [5, 5.41) is 3.49. The number of rotatable bonds is 8. The summed E-state index contributed by atoms with van der Waals surface area (Å²) >= 11 is 0. The number of benzene rings is 1. The van der Waals surface area contributed by atoms with Gasteiger partial charge in [0.1, 0.15) is 5.75 Å². The molecule has 2 atom stereocenters. The van der Waals surface area contributed by atoms with Crippen molar-refractivity contribution in [2.75, 3.05) is 20.3 Å². The van der Waals surface area contributed by atoms with Crippen LogP contribution in [-0.4, -0.2) is 32.4 Å². The third kappa shape index (κ3) is 5.52. The monoisotopic (exact) mass is 251 g/mol. The molecule has 0 aliphatic heterocycles. The van der Waals surface area contributed by atoms with Crippen molar-refractivity contribution in [3.05, 3.63) is 29.8 Å². The molecule has 0 aliphatic carbocycles. The molecule has 3 heteroatoms. The van der Waals surface area contributed by atoms with E-state index < -0.39 is 0 Å². The summed E-state index contributed by atoms with van der Waals surface area (Å²) in [6.45, 7) is 7.98. The zero-order chi connectivity index (χ0) is 13.4. The van der Waals surface area contributed by atoms with Crippen molar-refractivity contribution < 1.29 is 9.47 Å². The average Bonchev–Trinajstić information content (AvgIpc) is 2.38. The summed E-state index contributed by atoms with van der Waals surface area (Å²) < 4.78 is 10.6. The first-order valence-electron chi connectivity index (χ1n) is 6.63. The van der Waals surface area contributed by atoms with Gasteiger partial charge in [-0.1, -0.05) is 12.1 Å². The van der Waals surface area contributed by atoms with Crippen LogP contribution in [0.25, 0.3) is 0 Å². The Labute approximate surface area is 110 Å². The topological polar surface area (TPSA) is 30.5 Å². The van der Waals surface area contributed by atoms with E-state index in [0.717, 1.165) is 25.3 Å². The Balaban J connectivity index is 2.32. The summed E-state index contributed by atoms with van der Waals surface area (Å²) in [5.74, 6) is 0.907. The van der Waals surface area contributed by atoms with E-state index in [0.29, 0.717) is 6.04 Å². The Hall–Kier alpha value is -1.06. The lowest BCUT2D eigenvalue weighted by atomic mass is 10.1. The Morgan fingerprint density at radius 2 is 1.83 bits per heavy atom. The smallest absolute Gasteiger partial charge is 0.118 e. The molecule has 0 aliphatic rings. The lowest BCUT2D eigenvalue weighted by Crippen LogP contribution is -2.35. The largest absolute Gasteiger partial charge is 0.497 e. The molecular formula is C15H25NO2. The van der Waals surface area contributed by atoms with Crippen LogP contribution in [0.2, 0.25) is 0 Å². The van der Waals surface area contributed by atoms with Gasteiger partial charge in [-0.25, -0.2) is 0 Å². The quantitative estimate of drug-likeness (QED) is 0.770. The third-order valence-electron chi connectivity index (χ3n) is 2.91. The minimum Gasteiger partial charge on any atom is -0.497 e. The van der Waals surface area contributed by atoms with Crippen molar-refractivity contribution >= 4 is 0 Å². The highest BCUT2D eigenvalue weighted by Gasteiger charge is 2.06. The maximum Gasteiger partial charge on any atom is 0.118 e. The molecule has 2 unspecified atom stereocenters. The minimum absolute atomic E-state index is 0.272. The first kappa shape index (κ1) is 15.0. The van der Waals surface area contributed by atoms with Crippen LogP contribution >= 0.6 is 0 Å². The number of hydrogen-bond donors (Lipinski definition) is 1. The van der Waals surface area contributed by atoms with Gasteiger partial charge in [0.15, 0.2) is 0 Å². The van der Waals surface area contributed by atoms with Crippen molar-refractivity contribution in [1.82, 2.24) is 5.32 Å². The average molecular weight is 251 g/mol. The van der Waals surface area contributed by atoms with Gasteiger partial charge in [-0.3, -0.25) is 0 Å². The molecule has 1 rings (SSSR count). The fourth-order valence-corrected chi connectivity index (χ4v) is 1.90. The van der Waals surface area contributed by atoms with E-state index in [9.17, 15) is 0 Å². The zero-order valence-corrected chi connectivity index (χ0v) is 11.9. The van der Waals surface area contributed by atoms with Crippen LogP contribution in [0.4, 0.5) is 0 Å². The molecule has 1 N–H and O–H groups in total. The van der Waals surface area contributed by atoms with Gasteiger partial charge in [0.2, 0.25) is 0 Å². The first-order valence-corrected chi connectivity index (χ1v) is 6.63. The van der Waals surface area contributed by atoms with E-state index in [4.69, 9.17) is 9.47 Å². The van der Waals surface area contributed by atoms with Crippen LogP contribution in [0.1, 0.15) is 26.3 Å². The molecule has 0 amide bonds. The van der Waals surface area contributed by atoms with Gasteiger partial charge >= 0.3 is 0 Å². The van der Waals surface area contributed by atoms with Gasteiger partial charge in [0.05, 0.1) is 13.2 Å². The highest BCUT2D eigenvalue weighted by Crippen LogP contribution is 2.12. The molecule has 0 heterocycles. The molecule has 0 aromatic heterocycles. The molecule has 0 saturated heterocycles. The molecule has 0 radical (unpaired) electrons. The molecule has 0 bridgehead atoms. The molecule has 18 heavy (non-hydrogen) atoms. The number of nitrogens with one attached hydrogen (secondary N) is 1. The van der Waals surface area contributed by atoms with Crippen LogP contribution in [0.5, 0.6) is 5.75 Å². The predicted octanol–water partition coefficient (Wildman–Crippen LogP) is 2.64. The number of hydrogen-bond acceptors (Lipinski definition) is 3. The van der Waals surface area contributed by atoms with Crippen molar-refractivity contribution in [3.63, 3.8) is 0 Å². The van der Waals surface area contributed by atoms with E-state index in [-0.39, 0.29) is 6.10 Å². The van der Waals surface area contributed by atoms with Gasteiger partial charge in [0.25, 0.3) is 0 Å². The second kappa shape index (κ2) is 8.11. The summed E-state index contributed by atoms with van der Waals surface area (Å²) in [6, 6.07) is 8.68. The maximum absolute atomic E-state index is 5.49. The third-order valence-corrected chi connectivity index (χ3v) is 2.91. The Morgan fingerprint density at radius 1 is 1.17 bits per heavy atom. The fourth-order valence-electron chi connectivity index (χ4n) is 1.90. The standard InChI is InChI=1S/C15H25NO2/c1-5-18-13(3)11-16-12(2)10-14-6-8-15(17-4)9-7-14/h6-9,12-13,16H,5,10-11H2,1-4H3. The fraction of sp³-hybridized carbons (Fsp3) is 0.600. The zero-order valence-electron chi connectivity index (χ0n) is 11.9. The molecule has 3 nitrogen and oxygen atoms in total.